The monoisotopic (exact) mass is 351 g/mol. The maximum atomic E-state index is 5.69. The Hall–Kier alpha value is -2.54. The Bertz CT molecular complexity index is 867. The second-order valence-corrected chi connectivity index (χ2v) is 6.84. The molecule has 1 aliphatic rings. The number of fused-ring (bicyclic) bond motifs is 1. The number of nitrogens with two attached hydrogens (primary N) is 1. The van der Waals surface area contributed by atoms with Crippen molar-refractivity contribution >= 4 is 16.7 Å². The van der Waals surface area contributed by atoms with Crippen molar-refractivity contribution in [1.29, 1.82) is 0 Å². The summed E-state index contributed by atoms with van der Waals surface area (Å²) >= 11 is 0. The summed E-state index contributed by atoms with van der Waals surface area (Å²) in [6, 6.07) is 8.56. The molecule has 0 unspecified atom stereocenters. The van der Waals surface area contributed by atoms with Crippen LogP contribution in [0, 0.1) is 0 Å². The van der Waals surface area contributed by atoms with Crippen LogP contribution < -0.4 is 11.1 Å². The maximum Gasteiger partial charge on any atom is 0.152 e. The van der Waals surface area contributed by atoms with Crippen molar-refractivity contribution in [3.05, 3.63) is 42.2 Å². The molecule has 0 amide bonds. The van der Waals surface area contributed by atoms with Crippen molar-refractivity contribution in [2.45, 2.75) is 51.1 Å². The van der Waals surface area contributed by atoms with Gasteiger partial charge < -0.3 is 15.6 Å². The van der Waals surface area contributed by atoms with Gasteiger partial charge in [0.25, 0.3) is 0 Å². The molecular weight excluding hydrogens is 326 g/mol. The predicted molar refractivity (Wildman–Crippen MR) is 102 cm³/mol. The zero-order chi connectivity index (χ0) is 17.8. The number of nitrogens with one attached hydrogen (secondary N) is 1. The summed E-state index contributed by atoms with van der Waals surface area (Å²) in [7, 11) is 0. The fraction of sp³-hybridized carbons (Fsp3) is 0.474. The van der Waals surface area contributed by atoms with Crippen LogP contribution >= 0.6 is 0 Å². The molecule has 1 aliphatic carbocycles. The molecule has 7 heteroatoms. The van der Waals surface area contributed by atoms with Gasteiger partial charge in [0.05, 0.1) is 12.1 Å². The summed E-state index contributed by atoms with van der Waals surface area (Å²) in [5.41, 5.74) is 6.62. The first-order chi connectivity index (χ1) is 12.8. The molecule has 3 N–H and O–H groups in total. The lowest BCUT2D eigenvalue weighted by atomic mass is 9.95. The van der Waals surface area contributed by atoms with Gasteiger partial charge in [0.2, 0.25) is 0 Å². The Labute approximate surface area is 153 Å². The largest absolute Gasteiger partial charge is 0.362 e. The highest BCUT2D eigenvalue weighted by atomic mass is 15.3. The van der Waals surface area contributed by atoms with Gasteiger partial charge in [-0.1, -0.05) is 31.4 Å². The Balaban J connectivity index is 1.57. The summed E-state index contributed by atoms with van der Waals surface area (Å²) < 4.78 is 2.23. The minimum absolute atomic E-state index is 0.519. The highest BCUT2D eigenvalue weighted by molar-refractivity contribution is 5.88. The quantitative estimate of drug-likeness (QED) is 0.709. The number of hydrogen-bond acceptors (Lipinski definition) is 6. The number of nitrogens with zero attached hydrogens (tertiary/aromatic N) is 5. The fourth-order valence-electron chi connectivity index (χ4n) is 3.72. The number of hydrogen-bond donors (Lipinski definition) is 2. The molecule has 0 atom stereocenters. The first-order valence-electron chi connectivity index (χ1n) is 9.43. The number of aromatic nitrogens is 5. The van der Waals surface area contributed by atoms with E-state index < -0.39 is 0 Å². The Kier molecular flexibility index (Phi) is 5.06. The summed E-state index contributed by atoms with van der Waals surface area (Å²) in [6.07, 6.45) is 8.86. The van der Waals surface area contributed by atoms with Crippen molar-refractivity contribution in [3.8, 4) is 0 Å². The van der Waals surface area contributed by atoms with Gasteiger partial charge in [-0.25, -0.2) is 9.97 Å². The molecule has 0 aliphatic heterocycles. The van der Waals surface area contributed by atoms with Crippen LogP contribution in [-0.4, -0.2) is 31.3 Å². The molecule has 2 heterocycles. The van der Waals surface area contributed by atoms with E-state index in [4.69, 9.17) is 5.73 Å². The van der Waals surface area contributed by atoms with Crippen LogP contribution in [0.4, 0.5) is 5.82 Å². The van der Waals surface area contributed by atoms with Gasteiger partial charge in [0.15, 0.2) is 5.82 Å². The van der Waals surface area contributed by atoms with E-state index >= 15 is 0 Å². The van der Waals surface area contributed by atoms with Gasteiger partial charge in [0, 0.05) is 17.8 Å². The molecule has 0 bridgehead atoms. The molecule has 1 aromatic carbocycles. The Morgan fingerprint density at radius 3 is 2.81 bits per heavy atom. The molecule has 4 rings (SSSR count). The van der Waals surface area contributed by atoms with E-state index in [9.17, 15) is 0 Å². The number of para-hydroxylation sites is 1. The van der Waals surface area contributed by atoms with Crippen molar-refractivity contribution in [3.63, 3.8) is 0 Å². The highest BCUT2D eigenvalue weighted by Gasteiger charge is 2.18. The van der Waals surface area contributed by atoms with E-state index in [0.717, 1.165) is 28.4 Å². The van der Waals surface area contributed by atoms with Crippen LogP contribution in [-0.2, 0) is 13.0 Å². The van der Waals surface area contributed by atoms with Gasteiger partial charge in [-0.05, 0) is 31.5 Å². The van der Waals surface area contributed by atoms with E-state index in [-0.39, 0.29) is 0 Å². The number of rotatable bonds is 6. The lowest BCUT2D eigenvalue weighted by Crippen LogP contribution is -2.17. The average Bonchev–Trinajstić information content (AvgIpc) is 3.16. The SMILES string of the molecule is NCCc1nc(NCc2nncn2C2CCCCC2)c2ccccc2n1. The first kappa shape index (κ1) is 16.9. The lowest BCUT2D eigenvalue weighted by Gasteiger charge is -2.24. The summed E-state index contributed by atoms with van der Waals surface area (Å²) in [5, 5.41) is 12.9. The zero-order valence-corrected chi connectivity index (χ0v) is 14.9. The highest BCUT2D eigenvalue weighted by Crippen LogP contribution is 2.29. The minimum atomic E-state index is 0.519. The van der Waals surface area contributed by atoms with Crippen LogP contribution in [0.2, 0.25) is 0 Å². The Morgan fingerprint density at radius 1 is 1.12 bits per heavy atom. The third-order valence-corrected chi connectivity index (χ3v) is 5.05. The van der Waals surface area contributed by atoms with E-state index in [1.807, 2.05) is 30.6 Å². The maximum absolute atomic E-state index is 5.69. The first-order valence-corrected chi connectivity index (χ1v) is 9.43. The molecule has 2 aromatic heterocycles. The molecule has 0 spiro atoms. The van der Waals surface area contributed by atoms with Gasteiger partial charge in [-0.2, -0.15) is 0 Å². The van der Waals surface area contributed by atoms with Crippen molar-refractivity contribution in [1.82, 2.24) is 24.7 Å². The smallest absolute Gasteiger partial charge is 0.152 e. The van der Waals surface area contributed by atoms with Crippen LogP contribution in [0.3, 0.4) is 0 Å². The van der Waals surface area contributed by atoms with E-state index in [2.05, 4.69) is 30.0 Å². The second kappa shape index (κ2) is 7.78. The molecule has 136 valence electrons. The van der Waals surface area contributed by atoms with Gasteiger partial charge >= 0.3 is 0 Å². The second-order valence-electron chi connectivity index (χ2n) is 6.84. The zero-order valence-electron chi connectivity index (χ0n) is 14.9. The third-order valence-electron chi connectivity index (χ3n) is 5.05. The topological polar surface area (TPSA) is 94.5 Å². The van der Waals surface area contributed by atoms with Gasteiger partial charge in [-0.15, -0.1) is 10.2 Å². The van der Waals surface area contributed by atoms with Crippen molar-refractivity contribution in [2.24, 2.45) is 5.73 Å². The van der Waals surface area contributed by atoms with Crippen LogP contribution in [0.5, 0.6) is 0 Å². The van der Waals surface area contributed by atoms with Crippen molar-refractivity contribution in [2.75, 3.05) is 11.9 Å². The molecule has 0 saturated heterocycles. The van der Waals surface area contributed by atoms with Crippen molar-refractivity contribution < 1.29 is 0 Å². The average molecular weight is 351 g/mol. The molecule has 0 radical (unpaired) electrons. The minimum Gasteiger partial charge on any atom is -0.362 e. The molecule has 1 fully saturated rings. The number of anilines is 1. The number of benzene rings is 1. The van der Waals surface area contributed by atoms with E-state index in [1.54, 1.807) is 0 Å². The van der Waals surface area contributed by atoms with Gasteiger partial charge in [-0.3, -0.25) is 0 Å². The summed E-state index contributed by atoms with van der Waals surface area (Å²) in [4.78, 5) is 9.27. The Morgan fingerprint density at radius 2 is 1.96 bits per heavy atom. The predicted octanol–water partition coefficient (Wildman–Crippen LogP) is 2.84. The van der Waals surface area contributed by atoms with Crippen LogP contribution in [0.1, 0.15) is 49.8 Å². The van der Waals surface area contributed by atoms with Crippen LogP contribution in [0.25, 0.3) is 10.9 Å². The fourth-order valence-corrected chi connectivity index (χ4v) is 3.72. The molecule has 7 nitrogen and oxygen atoms in total. The molecule has 26 heavy (non-hydrogen) atoms. The lowest BCUT2D eigenvalue weighted by molar-refractivity contribution is 0.346. The molecule has 3 aromatic rings. The van der Waals surface area contributed by atoms with Gasteiger partial charge in [0.1, 0.15) is 18.0 Å². The third kappa shape index (κ3) is 3.53. The van der Waals surface area contributed by atoms with E-state index in [1.165, 1.54) is 32.1 Å². The van der Waals surface area contributed by atoms with Crippen LogP contribution in [0.15, 0.2) is 30.6 Å². The normalized spacial score (nSPS) is 15.4. The van der Waals surface area contributed by atoms with E-state index in [0.29, 0.717) is 25.6 Å². The summed E-state index contributed by atoms with van der Waals surface area (Å²) in [5.74, 6) is 2.56. The standard InChI is InChI=1S/C19H25N7/c20-11-10-17-23-16-9-5-4-8-15(16)19(24-17)21-12-18-25-22-13-26(18)14-6-2-1-3-7-14/h4-5,8-9,13-14H,1-3,6-7,10-12,20H2,(H,21,23,24). The molecule has 1 saturated carbocycles. The summed E-state index contributed by atoms with van der Waals surface area (Å²) in [6.45, 7) is 1.13. The molecular formula is C19H25N7.